The van der Waals surface area contributed by atoms with E-state index in [1.54, 1.807) is 7.11 Å². The van der Waals surface area contributed by atoms with Crippen LogP contribution in [0.2, 0.25) is 0 Å². The molecule has 2 saturated carbocycles. The Labute approximate surface area is 132 Å². The van der Waals surface area contributed by atoms with Crippen LogP contribution in [0.15, 0.2) is 24.4 Å². The van der Waals surface area contributed by atoms with Crippen molar-refractivity contribution in [2.45, 2.75) is 44.2 Å². The van der Waals surface area contributed by atoms with Crippen LogP contribution in [0, 0.1) is 0 Å². The fraction of sp³-hybridized carbons (Fsp3) is 0.529. The molecule has 114 valence electrons. The van der Waals surface area contributed by atoms with Gasteiger partial charge in [0.1, 0.15) is 5.75 Å². The van der Waals surface area contributed by atoms with Crippen LogP contribution in [0.25, 0.3) is 10.9 Å². The lowest BCUT2D eigenvalue weighted by Gasteiger charge is -2.21. The van der Waals surface area contributed by atoms with Crippen molar-refractivity contribution in [1.29, 1.82) is 0 Å². The Balaban J connectivity index is 0.00000132. The molecule has 3 nitrogen and oxygen atoms in total. The molecule has 2 aromatic rings. The lowest BCUT2D eigenvalue weighted by atomic mass is 10.1. The Morgan fingerprint density at radius 2 is 1.90 bits per heavy atom. The number of aromatic nitrogens is 1. The molecule has 1 aromatic heterocycles. The molecule has 2 fully saturated rings. The Kier molecular flexibility index (Phi) is 4.14. The van der Waals surface area contributed by atoms with E-state index in [1.165, 1.54) is 48.7 Å². The predicted octanol–water partition coefficient (Wildman–Crippen LogP) is 3.77. The van der Waals surface area contributed by atoms with E-state index in [4.69, 9.17) is 4.74 Å². The third kappa shape index (κ3) is 2.90. The number of rotatable bonds is 6. The van der Waals surface area contributed by atoms with Gasteiger partial charge in [0.25, 0.3) is 0 Å². The monoisotopic (exact) mass is 306 g/mol. The molecule has 2 aliphatic rings. The van der Waals surface area contributed by atoms with E-state index in [-0.39, 0.29) is 12.4 Å². The van der Waals surface area contributed by atoms with Crippen molar-refractivity contribution in [2.75, 3.05) is 13.7 Å². The largest absolute Gasteiger partial charge is 0.496 e. The smallest absolute Gasteiger partial charge is 0.128 e. The topological polar surface area (TPSA) is 28.3 Å². The van der Waals surface area contributed by atoms with Crippen LogP contribution in [0.3, 0.4) is 0 Å². The number of ether oxygens (including phenoxy) is 1. The van der Waals surface area contributed by atoms with Crippen LogP contribution in [0.4, 0.5) is 0 Å². The summed E-state index contributed by atoms with van der Waals surface area (Å²) in [6.07, 6.45) is 8.92. The van der Waals surface area contributed by atoms with Crippen molar-refractivity contribution < 1.29 is 4.74 Å². The highest BCUT2D eigenvalue weighted by Gasteiger charge is 2.38. The molecule has 0 unspecified atom stereocenters. The molecule has 0 radical (unpaired) electrons. The van der Waals surface area contributed by atoms with Crippen molar-refractivity contribution in [3.05, 3.63) is 30.0 Å². The van der Waals surface area contributed by atoms with Gasteiger partial charge in [0.15, 0.2) is 0 Å². The number of hydrogen-bond donors (Lipinski definition) is 1. The van der Waals surface area contributed by atoms with Gasteiger partial charge in [-0.15, -0.1) is 12.4 Å². The normalized spacial score (nSPS) is 18.0. The van der Waals surface area contributed by atoms with Crippen molar-refractivity contribution in [1.82, 2.24) is 9.88 Å². The molecular formula is C17H23ClN2O. The molecule has 0 bridgehead atoms. The van der Waals surface area contributed by atoms with Crippen LogP contribution in [0.1, 0.15) is 31.2 Å². The maximum absolute atomic E-state index is 5.52. The molecule has 0 atom stereocenters. The molecule has 21 heavy (non-hydrogen) atoms. The molecule has 0 spiro atoms. The number of nitrogens with one attached hydrogen (secondary N) is 1. The fourth-order valence-corrected chi connectivity index (χ4v) is 3.31. The number of benzene rings is 1. The first-order valence-electron chi connectivity index (χ1n) is 7.75. The van der Waals surface area contributed by atoms with Crippen molar-refractivity contribution in [3.8, 4) is 5.75 Å². The molecular weight excluding hydrogens is 284 g/mol. The van der Waals surface area contributed by atoms with Crippen LogP contribution in [0.5, 0.6) is 5.75 Å². The van der Waals surface area contributed by atoms with E-state index in [2.05, 4.69) is 28.2 Å². The molecule has 1 N–H and O–H groups in total. The Hall–Kier alpha value is -1.19. The first-order valence-corrected chi connectivity index (χ1v) is 7.75. The van der Waals surface area contributed by atoms with E-state index in [0.29, 0.717) is 0 Å². The first-order chi connectivity index (χ1) is 9.86. The molecule has 0 aliphatic heterocycles. The summed E-state index contributed by atoms with van der Waals surface area (Å²) in [5.41, 5.74) is 2.58. The summed E-state index contributed by atoms with van der Waals surface area (Å²) in [4.78, 5) is 6.12. The molecule has 0 amide bonds. The van der Waals surface area contributed by atoms with Gasteiger partial charge in [0, 0.05) is 35.7 Å². The van der Waals surface area contributed by atoms with Gasteiger partial charge in [-0.2, -0.15) is 0 Å². The number of H-pyrrole nitrogens is 1. The maximum Gasteiger partial charge on any atom is 0.128 e. The summed E-state index contributed by atoms with van der Waals surface area (Å²) in [5.74, 6) is 0.989. The highest BCUT2D eigenvalue weighted by molar-refractivity contribution is 5.89. The van der Waals surface area contributed by atoms with Crippen molar-refractivity contribution >= 4 is 23.3 Å². The second-order valence-corrected chi connectivity index (χ2v) is 6.15. The number of methoxy groups -OCH3 is 1. The third-order valence-corrected chi connectivity index (χ3v) is 4.64. The van der Waals surface area contributed by atoms with Crippen molar-refractivity contribution in [2.24, 2.45) is 0 Å². The SMILES string of the molecule is COc1cccc2[nH]cc(CCN(C3CC3)C3CC3)c12.Cl. The van der Waals surface area contributed by atoms with E-state index < -0.39 is 0 Å². The molecule has 1 aromatic carbocycles. The summed E-state index contributed by atoms with van der Waals surface area (Å²) in [7, 11) is 1.76. The zero-order valence-corrected chi connectivity index (χ0v) is 13.3. The van der Waals surface area contributed by atoms with E-state index >= 15 is 0 Å². The molecule has 1 heterocycles. The number of halogens is 1. The summed E-state index contributed by atoms with van der Waals surface area (Å²) < 4.78 is 5.52. The van der Waals surface area contributed by atoms with Gasteiger partial charge < -0.3 is 9.72 Å². The average molecular weight is 307 g/mol. The summed E-state index contributed by atoms with van der Waals surface area (Å²) in [5, 5.41) is 1.27. The Bertz CT molecular complexity index is 604. The minimum Gasteiger partial charge on any atom is -0.496 e. The standard InChI is InChI=1S/C17H22N2O.ClH/c1-20-16-4-2-3-15-17(16)12(11-18-15)9-10-19(13-5-6-13)14-7-8-14;/h2-4,11,13-14,18H,5-10H2,1H3;1H. The number of hydrogen-bond acceptors (Lipinski definition) is 2. The van der Waals surface area contributed by atoms with Gasteiger partial charge in [-0.3, -0.25) is 4.90 Å². The van der Waals surface area contributed by atoms with Gasteiger partial charge >= 0.3 is 0 Å². The van der Waals surface area contributed by atoms with Gasteiger partial charge in [0.2, 0.25) is 0 Å². The van der Waals surface area contributed by atoms with E-state index in [1.807, 2.05) is 6.07 Å². The van der Waals surface area contributed by atoms with Crippen molar-refractivity contribution in [3.63, 3.8) is 0 Å². The Morgan fingerprint density at radius 3 is 2.52 bits per heavy atom. The van der Waals surface area contributed by atoms with Gasteiger partial charge in [-0.25, -0.2) is 0 Å². The fourth-order valence-electron chi connectivity index (χ4n) is 3.31. The molecule has 2 aliphatic carbocycles. The predicted molar refractivity (Wildman–Crippen MR) is 88.6 cm³/mol. The van der Waals surface area contributed by atoms with E-state index in [0.717, 1.165) is 24.3 Å². The van der Waals surface area contributed by atoms with Crippen LogP contribution < -0.4 is 4.74 Å². The lowest BCUT2D eigenvalue weighted by Crippen LogP contribution is -2.30. The van der Waals surface area contributed by atoms with Gasteiger partial charge in [0.05, 0.1) is 7.11 Å². The van der Waals surface area contributed by atoms with Crippen LogP contribution >= 0.6 is 12.4 Å². The number of aromatic amines is 1. The van der Waals surface area contributed by atoms with Gasteiger partial charge in [-0.05, 0) is 49.8 Å². The summed E-state index contributed by atoms with van der Waals surface area (Å²) >= 11 is 0. The summed E-state index contributed by atoms with van der Waals surface area (Å²) in [6.45, 7) is 1.19. The zero-order chi connectivity index (χ0) is 13.5. The summed E-state index contributed by atoms with van der Waals surface area (Å²) in [6, 6.07) is 7.99. The van der Waals surface area contributed by atoms with Gasteiger partial charge in [-0.1, -0.05) is 6.07 Å². The van der Waals surface area contributed by atoms with Crippen LogP contribution in [-0.2, 0) is 6.42 Å². The highest BCUT2D eigenvalue weighted by Crippen LogP contribution is 2.37. The van der Waals surface area contributed by atoms with E-state index in [9.17, 15) is 0 Å². The highest BCUT2D eigenvalue weighted by atomic mass is 35.5. The molecule has 4 heteroatoms. The minimum atomic E-state index is 0. The van der Waals surface area contributed by atoms with Crippen LogP contribution in [-0.4, -0.2) is 35.6 Å². The Morgan fingerprint density at radius 1 is 1.19 bits per heavy atom. The second kappa shape index (κ2) is 5.90. The molecule has 0 saturated heterocycles. The number of fused-ring (bicyclic) bond motifs is 1. The lowest BCUT2D eigenvalue weighted by molar-refractivity contribution is 0.256. The first kappa shape index (κ1) is 14.7. The average Bonchev–Trinajstić information content (AvgIpc) is 3.38. The third-order valence-electron chi connectivity index (χ3n) is 4.64. The zero-order valence-electron chi connectivity index (χ0n) is 12.5. The maximum atomic E-state index is 5.52. The minimum absolute atomic E-state index is 0. The molecule has 4 rings (SSSR count). The second-order valence-electron chi connectivity index (χ2n) is 6.15. The quantitative estimate of drug-likeness (QED) is 0.880. The number of nitrogens with zero attached hydrogens (tertiary/aromatic N) is 1.